The molecule has 1 saturated carbocycles. The molecule has 1 aliphatic carbocycles. The van der Waals surface area contributed by atoms with Gasteiger partial charge in [-0.1, -0.05) is 19.8 Å². The fourth-order valence-electron chi connectivity index (χ4n) is 3.65. The van der Waals surface area contributed by atoms with Crippen molar-refractivity contribution in [3.63, 3.8) is 0 Å². The second-order valence-corrected chi connectivity index (χ2v) is 7.21. The zero-order valence-electron chi connectivity index (χ0n) is 15.4. The maximum Gasteiger partial charge on any atom is 0.225 e. The molecule has 2 heterocycles. The van der Waals surface area contributed by atoms with E-state index >= 15 is 0 Å². The molecule has 1 aromatic heterocycles. The fourth-order valence-corrected chi connectivity index (χ4v) is 3.65. The van der Waals surface area contributed by atoms with Gasteiger partial charge in [0, 0.05) is 51.7 Å². The van der Waals surface area contributed by atoms with Crippen LogP contribution in [0.4, 0.5) is 5.95 Å². The molecule has 1 aliphatic heterocycles. The van der Waals surface area contributed by atoms with Gasteiger partial charge in [-0.05, 0) is 31.2 Å². The molecule has 2 aliphatic rings. The van der Waals surface area contributed by atoms with E-state index in [1.807, 2.05) is 18.5 Å². The third-order valence-electron chi connectivity index (χ3n) is 5.17. The molecule has 0 spiro atoms. The highest BCUT2D eigenvalue weighted by atomic mass is 127. The molecule has 140 valence electrons. The van der Waals surface area contributed by atoms with Crippen LogP contribution in [0.25, 0.3) is 0 Å². The van der Waals surface area contributed by atoms with E-state index in [0.717, 1.165) is 51.2 Å². The molecule has 0 bridgehead atoms. The van der Waals surface area contributed by atoms with Gasteiger partial charge in [0.05, 0.1) is 0 Å². The minimum absolute atomic E-state index is 0. The molecular weight excluding hydrogens is 427 g/mol. The number of halogens is 1. The summed E-state index contributed by atoms with van der Waals surface area (Å²) in [6, 6.07) is 1.86. The topological polar surface area (TPSA) is 56.7 Å². The Bertz CT molecular complexity index is 536. The maximum atomic E-state index is 4.97. The van der Waals surface area contributed by atoms with Gasteiger partial charge >= 0.3 is 0 Å². The Balaban J connectivity index is 0.00000225. The molecule has 1 N–H and O–H groups in total. The average Bonchev–Trinajstić information content (AvgIpc) is 3.06. The summed E-state index contributed by atoms with van der Waals surface area (Å²) in [5.74, 6) is 1.90. The summed E-state index contributed by atoms with van der Waals surface area (Å²) in [6.07, 6.45) is 8.96. The van der Waals surface area contributed by atoms with Crippen LogP contribution in [0.2, 0.25) is 0 Å². The normalized spacial score (nSPS) is 20.3. The maximum absolute atomic E-state index is 4.97. The minimum atomic E-state index is 0. The molecule has 1 aromatic rings. The summed E-state index contributed by atoms with van der Waals surface area (Å²) in [5.41, 5.74) is 0.403. The van der Waals surface area contributed by atoms with E-state index < -0.39 is 0 Å². The number of aromatic nitrogens is 2. The van der Waals surface area contributed by atoms with Crippen LogP contribution in [0.3, 0.4) is 0 Å². The van der Waals surface area contributed by atoms with E-state index in [1.165, 1.54) is 25.7 Å². The van der Waals surface area contributed by atoms with Gasteiger partial charge in [-0.15, -0.1) is 24.0 Å². The summed E-state index contributed by atoms with van der Waals surface area (Å²) >= 11 is 0. The van der Waals surface area contributed by atoms with Crippen LogP contribution in [0, 0.1) is 5.41 Å². The summed E-state index contributed by atoms with van der Waals surface area (Å²) in [5, 5.41) is 3.47. The summed E-state index contributed by atoms with van der Waals surface area (Å²) in [7, 11) is 0. The molecule has 0 radical (unpaired) electrons. The van der Waals surface area contributed by atoms with Crippen molar-refractivity contribution in [1.29, 1.82) is 0 Å². The Kier molecular flexibility index (Phi) is 7.71. The summed E-state index contributed by atoms with van der Waals surface area (Å²) < 4.78 is 0. The predicted molar refractivity (Wildman–Crippen MR) is 114 cm³/mol. The molecule has 0 atom stereocenters. The highest BCUT2D eigenvalue weighted by molar-refractivity contribution is 14.0. The highest BCUT2D eigenvalue weighted by Gasteiger charge is 2.29. The van der Waals surface area contributed by atoms with Gasteiger partial charge < -0.3 is 15.1 Å². The quantitative estimate of drug-likeness (QED) is 0.427. The van der Waals surface area contributed by atoms with Gasteiger partial charge in [0.1, 0.15) is 0 Å². The predicted octanol–water partition coefficient (Wildman–Crippen LogP) is 2.76. The Hall–Kier alpha value is -1.12. The minimum Gasteiger partial charge on any atom is -0.357 e. The lowest BCUT2D eigenvalue weighted by Gasteiger charge is -2.36. The summed E-state index contributed by atoms with van der Waals surface area (Å²) in [4.78, 5) is 18.3. The van der Waals surface area contributed by atoms with Crippen LogP contribution in [0.5, 0.6) is 0 Å². The van der Waals surface area contributed by atoms with Crippen molar-refractivity contribution in [2.75, 3.05) is 44.2 Å². The van der Waals surface area contributed by atoms with Crippen LogP contribution in [-0.2, 0) is 0 Å². The number of rotatable bonds is 4. The lowest BCUT2D eigenvalue weighted by atomic mass is 9.89. The number of anilines is 1. The number of hydrogen-bond donors (Lipinski definition) is 1. The number of nitrogens with one attached hydrogen (secondary N) is 1. The van der Waals surface area contributed by atoms with Gasteiger partial charge in [0.25, 0.3) is 0 Å². The van der Waals surface area contributed by atoms with Gasteiger partial charge in [-0.2, -0.15) is 0 Å². The van der Waals surface area contributed by atoms with E-state index in [-0.39, 0.29) is 24.0 Å². The van der Waals surface area contributed by atoms with Crippen molar-refractivity contribution in [2.24, 2.45) is 10.4 Å². The molecule has 3 rings (SSSR count). The van der Waals surface area contributed by atoms with E-state index in [9.17, 15) is 0 Å². The average molecular weight is 458 g/mol. The van der Waals surface area contributed by atoms with Gasteiger partial charge in [0.15, 0.2) is 5.96 Å². The zero-order valence-corrected chi connectivity index (χ0v) is 17.8. The van der Waals surface area contributed by atoms with Gasteiger partial charge in [-0.3, -0.25) is 4.99 Å². The van der Waals surface area contributed by atoms with Gasteiger partial charge in [-0.25, -0.2) is 9.97 Å². The molecule has 25 heavy (non-hydrogen) atoms. The lowest BCUT2D eigenvalue weighted by Crippen LogP contribution is -2.53. The van der Waals surface area contributed by atoms with E-state index in [2.05, 4.69) is 38.9 Å². The van der Waals surface area contributed by atoms with E-state index in [0.29, 0.717) is 5.41 Å². The van der Waals surface area contributed by atoms with E-state index in [1.54, 1.807) is 0 Å². The lowest BCUT2D eigenvalue weighted by molar-refractivity contribution is 0.338. The molecule has 7 heteroatoms. The fraction of sp³-hybridized carbons (Fsp3) is 0.722. The van der Waals surface area contributed by atoms with Crippen molar-refractivity contribution in [3.8, 4) is 0 Å². The molecule has 0 amide bonds. The summed E-state index contributed by atoms with van der Waals surface area (Å²) in [6.45, 7) is 10.2. The van der Waals surface area contributed by atoms with E-state index in [4.69, 9.17) is 4.99 Å². The second kappa shape index (κ2) is 9.54. The SMILES string of the molecule is CCNC(=NCC1(C)CCCC1)N1CCN(c2ncccn2)CC1.I. The Morgan fingerprint density at radius 2 is 1.80 bits per heavy atom. The first kappa shape index (κ1) is 20.2. The third kappa shape index (κ3) is 5.43. The molecule has 2 fully saturated rings. The molecule has 1 saturated heterocycles. The first-order valence-electron chi connectivity index (χ1n) is 9.25. The number of nitrogens with zero attached hydrogens (tertiary/aromatic N) is 5. The number of piperazine rings is 1. The van der Waals surface area contributed by atoms with Crippen LogP contribution >= 0.6 is 24.0 Å². The molecule has 6 nitrogen and oxygen atoms in total. The standard InChI is InChI=1S/C18H30N6.HI/c1-3-19-16(22-15-18(2)7-4-5-8-18)23-11-13-24(14-12-23)17-20-9-6-10-21-17;/h6,9-10H,3-5,7-8,11-15H2,1-2H3,(H,19,22);1H. The van der Waals surface area contributed by atoms with Crippen molar-refractivity contribution in [3.05, 3.63) is 18.5 Å². The van der Waals surface area contributed by atoms with Crippen LogP contribution in [-0.4, -0.2) is 60.1 Å². The Labute approximate surface area is 168 Å². The number of hydrogen-bond acceptors (Lipinski definition) is 4. The smallest absolute Gasteiger partial charge is 0.225 e. The Morgan fingerprint density at radius 1 is 1.16 bits per heavy atom. The first-order chi connectivity index (χ1) is 11.7. The largest absolute Gasteiger partial charge is 0.357 e. The van der Waals surface area contributed by atoms with Gasteiger partial charge in [0.2, 0.25) is 5.95 Å². The van der Waals surface area contributed by atoms with Crippen LogP contribution in [0.1, 0.15) is 39.5 Å². The molecule has 0 unspecified atom stereocenters. The number of guanidine groups is 1. The van der Waals surface area contributed by atoms with Crippen LogP contribution < -0.4 is 10.2 Å². The molecular formula is C18H31IN6. The van der Waals surface area contributed by atoms with Crippen molar-refractivity contribution < 1.29 is 0 Å². The monoisotopic (exact) mass is 458 g/mol. The Morgan fingerprint density at radius 3 is 2.40 bits per heavy atom. The second-order valence-electron chi connectivity index (χ2n) is 7.21. The number of aliphatic imine (C=N–C) groups is 1. The molecule has 0 aromatic carbocycles. The van der Waals surface area contributed by atoms with Crippen molar-refractivity contribution in [1.82, 2.24) is 20.2 Å². The van der Waals surface area contributed by atoms with Crippen molar-refractivity contribution >= 4 is 35.9 Å². The third-order valence-corrected chi connectivity index (χ3v) is 5.17. The first-order valence-corrected chi connectivity index (χ1v) is 9.25. The van der Waals surface area contributed by atoms with Crippen LogP contribution in [0.15, 0.2) is 23.5 Å². The van der Waals surface area contributed by atoms with Crippen molar-refractivity contribution in [2.45, 2.75) is 39.5 Å². The highest BCUT2D eigenvalue weighted by Crippen LogP contribution is 2.37. The zero-order chi connectivity index (χ0) is 16.8.